The van der Waals surface area contributed by atoms with Crippen LogP contribution in [-0.4, -0.2) is 36.3 Å². The van der Waals surface area contributed by atoms with Gasteiger partial charge in [0.25, 0.3) is 0 Å². The third kappa shape index (κ3) is 6.63. The maximum atomic E-state index is 14.8. The van der Waals surface area contributed by atoms with Crippen molar-refractivity contribution >= 4 is 23.4 Å². The first-order valence-electron chi connectivity index (χ1n) is 12.0. The van der Waals surface area contributed by atoms with Crippen molar-refractivity contribution in [3.63, 3.8) is 0 Å². The van der Waals surface area contributed by atoms with Crippen molar-refractivity contribution in [3.05, 3.63) is 95.1 Å². The van der Waals surface area contributed by atoms with E-state index in [0.717, 1.165) is 23.9 Å². The van der Waals surface area contributed by atoms with Crippen LogP contribution in [0.4, 0.5) is 13.2 Å². The van der Waals surface area contributed by atoms with Crippen LogP contribution >= 0.6 is 23.4 Å². The first kappa shape index (κ1) is 28.7. The molecule has 206 valence electrons. The molecule has 4 aromatic rings. The van der Waals surface area contributed by atoms with Gasteiger partial charge in [-0.05, 0) is 48.4 Å². The van der Waals surface area contributed by atoms with Crippen molar-refractivity contribution in [2.75, 3.05) is 26.7 Å². The van der Waals surface area contributed by atoms with Crippen molar-refractivity contribution in [2.24, 2.45) is 5.73 Å². The molecule has 0 bridgehead atoms. The molecule has 0 radical (unpaired) electrons. The highest BCUT2D eigenvalue weighted by molar-refractivity contribution is 7.98. The number of benzene rings is 3. The van der Waals surface area contributed by atoms with Crippen molar-refractivity contribution in [1.82, 2.24) is 9.55 Å². The minimum absolute atomic E-state index is 0.0527. The van der Waals surface area contributed by atoms with Gasteiger partial charge < -0.3 is 19.9 Å². The second-order valence-corrected chi connectivity index (χ2v) is 9.74. The van der Waals surface area contributed by atoms with Gasteiger partial charge in [0.15, 0.2) is 16.7 Å². The number of nitrogens with zero attached hydrogens (tertiary/aromatic N) is 2. The number of alkyl halides is 1. The second-order valence-electron chi connectivity index (χ2n) is 8.41. The Labute approximate surface area is 233 Å². The minimum Gasteiger partial charge on any atom is -0.493 e. The molecule has 0 aliphatic carbocycles. The lowest BCUT2D eigenvalue weighted by Crippen LogP contribution is -2.16. The van der Waals surface area contributed by atoms with E-state index in [1.54, 1.807) is 42.1 Å². The first-order chi connectivity index (χ1) is 18.9. The number of hydrogen-bond donors (Lipinski definition) is 1. The zero-order valence-electron chi connectivity index (χ0n) is 21.3. The molecule has 1 aromatic heterocycles. The molecule has 0 spiro atoms. The number of rotatable bonds is 12. The van der Waals surface area contributed by atoms with E-state index >= 15 is 0 Å². The summed E-state index contributed by atoms with van der Waals surface area (Å²) < 4.78 is 61.2. The van der Waals surface area contributed by atoms with Gasteiger partial charge in [-0.25, -0.2) is 18.2 Å². The van der Waals surface area contributed by atoms with Gasteiger partial charge in [0.05, 0.1) is 38.8 Å². The number of imidazole rings is 1. The average Bonchev–Trinajstić information content (AvgIpc) is 3.36. The van der Waals surface area contributed by atoms with Crippen molar-refractivity contribution in [3.8, 4) is 22.9 Å². The summed E-state index contributed by atoms with van der Waals surface area (Å²) in [6, 6.07) is 12.8. The van der Waals surface area contributed by atoms with Crippen molar-refractivity contribution < 1.29 is 27.4 Å². The standard InChI is InChI=1S/C28H27ClF3N3O3S/c1-36-25-9-4-17(12-26(25)37-2)27(33)24-15-34-28(35(24)19-7-5-18(30)6-8-19)39-16-21-22(31)13-20(14-23(21)32)38-11-3-10-29/h4-9,12-15,27H,3,10-11,16,33H2,1-2H3. The molecule has 1 unspecified atom stereocenters. The van der Waals surface area contributed by atoms with Crippen LogP contribution in [0.25, 0.3) is 5.69 Å². The fourth-order valence-corrected chi connectivity index (χ4v) is 5.04. The van der Waals surface area contributed by atoms with E-state index in [9.17, 15) is 13.2 Å². The Balaban J connectivity index is 1.66. The largest absolute Gasteiger partial charge is 0.493 e. The summed E-state index contributed by atoms with van der Waals surface area (Å²) in [5.41, 5.74) is 8.42. The maximum absolute atomic E-state index is 14.8. The van der Waals surface area contributed by atoms with Crippen LogP contribution in [0.15, 0.2) is 66.0 Å². The summed E-state index contributed by atoms with van der Waals surface area (Å²) in [5, 5.41) is 0.425. The Hall–Kier alpha value is -3.34. The number of hydrogen-bond acceptors (Lipinski definition) is 6. The zero-order chi connectivity index (χ0) is 27.9. The average molecular weight is 578 g/mol. The lowest BCUT2D eigenvalue weighted by atomic mass is 10.0. The van der Waals surface area contributed by atoms with Gasteiger partial charge in [-0.2, -0.15) is 0 Å². The molecule has 39 heavy (non-hydrogen) atoms. The van der Waals surface area contributed by atoms with Gasteiger partial charge in [0.2, 0.25) is 0 Å². The van der Waals surface area contributed by atoms with Crippen LogP contribution in [-0.2, 0) is 5.75 Å². The molecule has 4 rings (SSSR count). The van der Waals surface area contributed by atoms with E-state index in [1.807, 2.05) is 6.07 Å². The van der Waals surface area contributed by atoms with Gasteiger partial charge >= 0.3 is 0 Å². The van der Waals surface area contributed by atoms with E-state index in [0.29, 0.717) is 45.9 Å². The van der Waals surface area contributed by atoms with Crippen LogP contribution in [0.5, 0.6) is 17.2 Å². The van der Waals surface area contributed by atoms with Gasteiger partial charge in [0.1, 0.15) is 23.2 Å². The maximum Gasteiger partial charge on any atom is 0.173 e. The lowest BCUT2D eigenvalue weighted by Gasteiger charge is -2.18. The number of thioether (sulfide) groups is 1. The van der Waals surface area contributed by atoms with Crippen LogP contribution in [0.3, 0.4) is 0 Å². The third-order valence-corrected chi connectivity index (χ3v) is 7.18. The number of halogens is 4. The smallest absolute Gasteiger partial charge is 0.173 e. The molecule has 1 heterocycles. The minimum atomic E-state index is -0.731. The molecule has 3 aromatic carbocycles. The zero-order valence-corrected chi connectivity index (χ0v) is 22.9. The molecule has 2 N–H and O–H groups in total. The molecule has 6 nitrogen and oxygen atoms in total. The van der Waals surface area contributed by atoms with Gasteiger partial charge in [-0.1, -0.05) is 17.8 Å². The Morgan fingerprint density at radius 1 is 0.974 bits per heavy atom. The molecule has 0 saturated heterocycles. The number of aromatic nitrogens is 2. The third-order valence-electron chi connectivity index (χ3n) is 5.93. The summed E-state index contributed by atoms with van der Waals surface area (Å²) in [6.07, 6.45) is 2.15. The summed E-state index contributed by atoms with van der Waals surface area (Å²) >= 11 is 6.75. The molecule has 11 heteroatoms. The van der Waals surface area contributed by atoms with E-state index < -0.39 is 23.5 Å². The molecule has 0 amide bonds. The molecule has 0 aliphatic heterocycles. The normalized spacial score (nSPS) is 11.9. The first-order valence-corrected chi connectivity index (χ1v) is 13.5. The number of nitrogens with two attached hydrogens (primary N) is 1. The highest BCUT2D eigenvalue weighted by Crippen LogP contribution is 2.35. The van der Waals surface area contributed by atoms with Crippen molar-refractivity contribution in [1.29, 1.82) is 0 Å². The van der Waals surface area contributed by atoms with Crippen LogP contribution in [0, 0.1) is 17.5 Å². The summed E-state index contributed by atoms with van der Waals surface area (Å²) in [7, 11) is 3.07. The Morgan fingerprint density at radius 2 is 1.67 bits per heavy atom. The molecule has 0 fully saturated rings. The van der Waals surface area contributed by atoms with E-state index in [-0.39, 0.29) is 23.7 Å². The highest BCUT2D eigenvalue weighted by atomic mass is 35.5. The number of methoxy groups -OCH3 is 2. The van der Waals surface area contributed by atoms with Crippen LogP contribution in [0.2, 0.25) is 0 Å². The number of ether oxygens (including phenoxy) is 3. The Morgan fingerprint density at radius 3 is 2.31 bits per heavy atom. The summed E-state index contributed by atoms with van der Waals surface area (Å²) in [4.78, 5) is 4.49. The van der Waals surface area contributed by atoms with E-state index in [4.69, 9.17) is 31.5 Å². The molecular weight excluding hydrogens is 551 g/mol. The van der Waals surface area contributed by atoms with Crippen molar-refractivity contribution in [2.45, 2.75) is 23.4 Å². The quantitative estimate of drug-likeness (QED) is 0.115. The van der Waals surface area contributed by atoms with E-state index in [2.05, 4.69) is 4.98 Å². The predicted octanol–water partition coefficient (Wildman–Crippen LogP) is 6.65. The monoisotopic (exact) mass is 577 g/mol. The van der Waals surface area contributed by atoms with Crippen LogP contribution < -0.4 is 19.9 Å². The molecule has 0 aliphatic rings. The molecule has 1 atom stereocenters. The topological polar surface area (TPSA) is 71.5 Å². The van der Waals surface area contributed by atoms with Gasteiger partial charge in [-0.3, -0.25) is 4.57 Å². The Kier molecular flexibility index (Phi) is 9.66. The summed E-state index contributed by atoms with van der Waals surface area (Å²) in [6.45, 7) is 0.259. The SMILES string of the molecule is COc1ccc(C(N)c2cnc(SCc3c(F)cc(OCCCCl)cc3F)n2-c2ccc(F)cc2)cc1OC. The highest BCUT2D eigenvalue weighted by Gasteiger charge is 2.22. The fraction of sp³-hybridized carbons (Fsp3) is 0.250. The van der Waals surface area contributed by atoms with Crippen LogP contribution in [0.1, 0.15) is 29.3 Å². The Bertz CT molecular complexity index is 1400. The predicted molar refractivity (Wildman–Crippen MR) is 146 cm³/mol. The summed E-state index contributed by atoms with van der Waals surface area (Å²) in [5.74, 6) is -0.377. The fourth-order valence-electron chi connectivity index (χ4n) is 3.92. The second kappa shape index (κ2) is 13.1. The van der Waals surface area contributed by atoms with Gasteiger partial charge in [0, 0.05) is 35.0 Å². The van der Waals surface area contributed by atoms with E-state index in [1.165, 1.54) is 19.2 Å². The molecular formula is C28H27ClF3N3O3S. The lowest BCUT2D eigenvalue weighted by molar-refractivity contribution is 0.314. The van der Waals surface area contributed by atoms with Gasteiger partial charge in [-0.15, -0.1) is 11.6 Å². The molecule has 0 saturated carbocycles.